The molecular formula is C15H18N2O2. The Kier molecular flexibility index (Phi) is 3.90. The van der Waals surface area contributed by atoms with E-state index in [4.69, 9.17) is 4.74 Å². The molecule has 2 rings (SSSR count). The van der Waals surface area contributed by atoms with Crippen LogP contribution in [0.5, 0.6) is 5.75 Å². The van der Waals surface area contributed by atoms with Gasteiger partial charge in [-0.15, -0.1) is 0 Å². The maximum absolute atomic E-state index is 11.6. The number of carbonyl (C=O) groups is 1. The summed E-state index contributed by atoms with van der Waals surface area (Å²) in [5.41, 5.74) is 3.42. The van der Waals surface area contributed by atoms with Crippen molar-refractivity contribution in [1.82, 2.24) is 9.88 Å². The fourth-order valence-corrected chi connectivity index (χ4v) is 1.91. The molecule has 19 heavy (non-hydrogen) atoms. The van der Waals surface area contributed by atoms with Gasteiger partial charge in [-0.25, -0.2) is 4.79 Å². The van der Waals surface area contributed by atoms with Gasteiger partial charge < -0.3 is 14.6 Å². The van der Waals surface area contributed by atoms with Crippen LogP contribution in [0.3, 0.4) is 0 Å². The summed E-state index contributed by atoms with van der Waals surface area (Å²) in [6, 6.07) is 11.1. The van der Waals surface area contributed by atoms with Gasteiger partial charge in [-0.3, -0.25) is 0 Å². The number of carbonyl (C=O) groups excluding carboxylic acids is 1. The number of ether oxygens (including phenoxy) is 1. The molecule has 0 spiro atoms. The number of hydrogen-bond donors (Lipinski definition) is 1. The highest BCUT2D eigenvalue weighted by Gasteiger charge is 2.08. The molecule has 1 amide bonds. The fraction of sp³-hybridized carbons (Fsp3) is 0.267. The summed E-state index contributed by atoms with van der Waals surface area (Å²) < 4.78 is 7.25. The fourth-order valence-electron chi connectivity index (χ4n) is 1.91. The van der Waals surface area contributed by atoms with Crippen molar-refractivity contribution in [2.75, 3.05) is 0 Å². The second-order valence-corrected chi connectivity index (χ2v) is 4.51. The maximum Gasteiger partial charge on any atom is 0.412 e. The van der Waals surface area contributed by atoms with E-state index in [1.165, 1.54) is 5.69 Å². The number of aryl methyl sites for hydroxylation is 1. The minimum atomic E-state index is -0.438. The van der Waals surface area contributed by atoms with Crippen molar-refractivity contribution in [1.29, 1.82) is 0 Å². The van der Waals surface area contributed by atoms with Gasteiger partial charge in [0.15, 0.2) is 0 Å². The van der Waals surface area contributed by atoms with E-state index in [2.05, 4.69) is 16.0 Å². The predicted molar refractivity (Wildman–Crippen MR) is 74.2 cm³/mol. The molecule has 0 aliphatic heterocycles. The Bertz CT molecular complexity index is 573. The van der Waals surface area contributed by atoms with Gasteiger partial charge in [0, 0.05) is 25.0 Å². The SMILES string of the molecule is Cc1cc(CNC(=O)Oc2ccccc2)c(C)n1C. The molecular weight excluding hydrogens is 240 g/mol. The first-order valence-electron chi connectivity index (χ1n) is 6.20. The zero-order chi connectivity index (χ0) is 13.8. The van der Waals surface area contributed by atoms with Gasteiger partial charge >= 0.3 is 6.09 Å². The summed E-state index contributed by atoms with van der Waals surface area (Å²) >= 11 is 0. The number of aromatic nitrogens is 1. The highest BCUT2D eigenvalue weighted by molar-refractivity contribution is 5.70. The summed E-state index contributed by atoms with van der Waals surface area (Å²) in [6.45, 7) is 4.55. The molecule has 0 aliphatic carbocycles. The van der Waals surface area contributed by atoms with Crippen LogP contribution in [0.2, 0.25) is 0 Å². The second kappa shape index (κ2) is 5.61. The first kappa shape index (κ1) is 13.2. The topological polar surface area (TPSA) is 43.3 Å². The van der Waals surface area contributed by atoms with E-state index in [9.17, 15) is 4.79 Å². The van der Waals surface area contributed by atoms with Crippen molar-refractivity contribution >= 4 is 6.09 Å². The molecule has 0 fully saturated rings. The summed E-state index contributed by atoms with van der Waals surface area (Å²) in [4.78, 5) is 11.6. The van der Waals surface area contributed by atoms with Crippen LogP contribution in [0.1, 0.15) is 17.0 Å². The zero-order valence-corrected chi connectivity index (χ0v) is 11.4. The first-order valence-corrected chi connectivity index (χ1v) is 6.20. The van der Waals surface area contributed by atoms with E-state index in [0.29, 0.717) is 12.3 Å². The van der Waals surface area contributed by atoms with Crippen LogP contribution in [0, 0.1) is 13.8 Å². The number of para-hydroxylation sites is 1. The van der Waals surface area contributed by atoms with Crippen LogP contribution < -0.4 is 10.1 Å². The number of rotatable bonds is 3. The Labute approximate surface area is 113 Å². The monoisotopic (exact) mass is 258 g/mol. The van der Waals surface area contributed by atoms with Gasteiger partial charge in [0.25, 0.3) is 0 Å². The number of benzene rings is 1. The lowest BCUT2D eigenvalue weighted by molar-refractivity contribution is 0.200. The quantitative estimate of drug-likeness (QED) is 0.919. The molecule has 0 radical (unpaired) electrons. The molecule has 0 bridgehead atoms. The third kappa shape index (κ3) is 3.16. The molecule has 2 aromatic rings. The third-order valence-corrected chi connectivity index (χ3v) is 3.26. The molecule has 0 atom stereocenters. The Balaban J connectivity index is 1.92. The first-order chi connectivity index (χ1) is 9.08. The van der Waals surface area contributed by atoms with Gasteiger partial charge in [0.1, 0.15) is 5.75 Å². The van der Waals surface area contributed by atoms with Crippen LogP contribution >= 0.6 is 0 Å². The molecule has 100 valence electrons. The minimum absolute atomic E-state index is 0.438. The summed E-state index contributed by atoms with van der Waals surface area (Å²) in [5, 5.41) is 2.75. The van der Waals surface area contributed by atoms with E-state index in [-0.39, 0.29) is 0 Å². The molecule has 0 saturated carbocycles. The Morgan fingerprint density at radius 3 is 2.53 bits per heavy atom. The van der Waals surface area contributed by atoms with Gasteiger partial charge in [-0.2, -0.15) is 0 Å². The average molecular weight is 258 g/mol. The van der Waals surface area contributed by atoms with E-state index in [1.54, 1.807) is 12.1 Å². The van der Waals surface area contributed by atoms with Gasteiger partial charge in [-0.1, -0.05) is 18.2 Å². The van der Waals surface area contributed by atoms with Crippen molar-refractivity contribution in [3.8, 4) is 5.75 Å². The minimum Gasteiger partial charge on any atom is -0.410 e. The zero-order valence-electron chi connectivity index (χ0n) is 11.4. The smallest absolute Gasteiger partial charge is 0.410 e. The van der Waals surface area contributed by atoms with E-state index in [1.807, 2.05) is 39.1 Å². The van der Waals surface area contributed by atoms with Crippen LogP contribution in [-0.2, 0) is 13.6 Å². The van der Waals surface area contributed by atoms with Crippen molar-refractivity contribution in [3.05, 3.63) is 53.3 Å². The van der Waals surface area contributed by atoms with Crippen LogP contribution in [0.4, 0.5) is 4.79 Å². The van der Waals surface area contributed by atoms with Crippen molar-refractivity contribution in [2.45, 2.75) is 20.4 Å². The highest BCUT2D eigenvalue weighted by atomic mass is 16.5. The number of amides is 1. The molecule has 4 nitrogen and oxygen atoms in total. The van der Waals surface area contributed by atoms with Crippen molar-refractivity contribution in [3.63, 3.8) is 0 Å². The molecule has 1 aromatic carbocycles. The number of nitrogens with one attached hydrogen (secondary N) is 1. The predicted octanol–water partition coefficient (Wildman–Crippen LogP) is 2.93. The summed E-state index contributed by atoms with van der Waals surface area (Å²) in [5.74, 6) is 0.543. The molecule has 0 aliphatic rings. The van der Waals surface area contributed by atoms with E-state index < -0.39 is 6.09 Å². The molecule has 1 aromatic heterocycles. The Hall–Kier alpha value is -2.23. The standard InChI is InChI=1S/C15H18N2O2/c1-11-9-13(12(2)17(11)3)10-16-15(18)19-14-7-5-4-6-8-14/h4-9H,10H2,1-3H3,(H,16,18). The molecule has 4 heteroatoms. The Morgan fingerprint density at radius 1 is 1.26 bits per heavy atom. The number of hydrogen-bond acceptors (Lipinski definition) is 2. The van der Waals surface area contributed by atoms with Crippen LogP contribution in [0.25, 0.3) is 0 Å². The highest BCUT2D eigenvalue weighted by Crippen LogP contribution is 2.13. The third-order valence-electron chi connectivity index (χ3n) is 3.26. The maximum atomic E-state index is 11.6. The lowest BCUT2D eigenvalue weighted by atomic mass is 10.2. The lowest BCUT2D eigenvalue weighted by Gasteiger charge is -2.06. The molecule has 1 heterocycles. The molecule has 0 saturated heterocycles. The summed E-state index contributed by atoms with van der Waals surface area (Å²) in [7, 11) is 2.01. The van der Waals surface area contributed by atoms with E-state index >= 15 is 0 Å². The second-order valence-electron chi connectivity index (χ2n) is 4.51. The molecule has 0 unspecified atom stereocenters. The average Bonchev–Trinajstić information content (AvgIpc) is 2.65. The normalized spacial score (nSPS) is 10.3. The molecule has 1 N–H and O–H groups in total. The van der Waals surface area contributed by atoms with Gasteiger partial charge in [0.2, 0.25) is 0 Å². The summed E-state index contributed by atoms with van der Waals surface area (Å²) in [6.07, 6.45) is -0.438. The van der Waals surface area contributed by atoms with E-state index in [0.717, 1.165) is 11.3 Å². The Morgan fingerprint density at radius 2 is 1.95 bits per heavy atom. The van der Waals surface area contributed by atoms with Gasteiger partial charge in [-0.05, 0) is 37.6 Å². The van der Waals surface area contributed by atoms with Gasteiger partial charge in [0.05, 0.1) is 0 Å². The van der Waals surface area contributed by atoms with Crippen LogP contribution in [0.15, 0.2) is 36.4 Å². The van der Waals surface area contributed by atoms with Crippen molar-refractivity contribution in [2.24, 2.45) is 7.05 Å². The van der Waals surface area contributed by atoms with Crippen molar-refractivity contribution < 1.29 is 9.53 Å². The van der Waals surface area contributed by atoms with Crippen LogP contribution in [-0.4, -0.2) is 10.7 Å². The largest absolute Gasteiger partial charge is 0.412 e. The lowest BCUT2D eigenvalue weighted by Crippen LogP contribution is -2.26. The number of nitrogens with zero attached hydrogens (tertiary/aromatic N) is 1.